The number of carboxylic acid groups (broad SMARTS) is 1. The number of rotatable bonds is 2. The minimum Gasteiger partial charge on any atom is -0.478 e. The molecule has 0 unspecified atom stereocenters. The average Bonchev–Trinajstić information content (AvgIpc) is 2.28. The summed E-state index contributed by atoms with van der Waals surface area (Å²) in [6.45, 7) is 1.93. The van der Waals surface area contributed by atoms with Gasteiger partial charge in [-0.1, -0.05) is 22.0 Å². The van der Waals surface area contributed by atoms with Gasteiger partial charge >= 0.3 is 5.97 Å². The van der Waals surface area contributed by atoms with Gasteiger partial charge in [-0.3, -0.25) is 4.98 Å². The van der Waals surface area contributed by atoms with Crippen LogP contribution in [-0.2, 0) is 0 Å². The van der Waals surface area contributed by atoms with E-state index in [1.54, 1.807) is 24.5 Å². The van der Waals surface area contributed by atoms with E-state index in [4.69, 9.17) is 0 Å². The van der Waals surface area contributed by atoms with Crippen LogP contribution in [0.5, 0.6) is 0 Å². The highest BCUT2D eigenvalue weighted by atomic mass is 79.9. The van der Waals surface area contributed by atoms with Crippen LogP contribution >= 0.6 is 15.9 Å². The number of halogens is 1. The maximum absolute atomic E-state index is 11.2. The molecule has 1 heterocycles. The number of aryl methyl sites for hydroxylation is 1. The zero-order valence-corrected chi connectivity index (χ0v) is 10.7. The van der Waals surface area contributed by atoms with Crippen LogP contribution in [0.3, 0.4) is 0 Å². The molecular weight excluding hydrogens is 282 g/mol. The second-order valence-corrected chi connectivity index (χ2v) is 4.66. The molecule has 86 valence electrons. The molecule has 1 N–H and O–H groups in total. The van der Waals surface area contributed by atoms with Crippen molar-refractivity contribution in [3.63, 3.8) is 0 Å². The number of carbonyl (C=O) groups is 1. The number of benzene rings is 1. The smallest absolute Gasteiger partial charge is 0.336 e. The maximum atomic E-state index is 11.2. The van der Waals surface area contributed by atoms with Crippen molar-refractivity contribution < 1.29 is 9.90 Å². The van der Waals surface area contributed by atoms with Crippen LogP contribution in [0.15, 0.2) is 41.1 Å². The molecule has 17 heavy (non-hydrogen) atoms. The lowest BCUT2D eigenvalue weighted by atomic mass is 10.0. The zero-order chi connectivity index (χ0) is 12.4. The fourth-order valence-corrected chi connectivity index (χ4v) is 2.01. The molecule has 0 aliphatic carbocycles. The van der Waals surface area contributed by atoms with E-state index in [0.717, 1.165) is 15.6 Å². The molecular formula is C13H10BrNO2. The molecule has 4 heteroatoms. The van der Waals surface area contributed by atoms with Gasteiger partial charge in [0, 0.05) is 22.4 Å². The van der Waals surface area contributed by atoms with Gasteiger partial charge in [0.15, 0.2) is 0 Å². The summed E-state index contributed by atoms with van der Waals surface area (Å²) < 4.78 is 0.749. The lowest BCUT2D eigenvalue weighted by molar-refractivity contribution is 0.0697. The van der Waals surface area contributed by atoms with Crippen molar-refractivity contribution >= 4 is 21.9 Å². The Balaban J connectivity index is 2.63. The summed E-state index contributed by atoms with van der Waals surface area (Å²) in [5.74, 6) is -0.942. The van der Waals surface area contributed by atoms with E-state index in [-0.39, 0.29) is 5.56 Å². The topological polar surface area (TPSA) is 50.2 Å². The first-order valence-corrected chi connectivity index (χ1v) is 5.82. The average molecular weight is 292 g/mol. The van der Waals surface area contributed by atoms with E-state index < -0.39 is 5.97 Å². The van der Waals surface area contributed by atoms with Crippen molar-refractivity contribution in [3.05, 3.63) is 52.3 Å². The van der Waals surface area contributed by atoms with E-state index in [9.17, 15) is 9.90 Å². The summed E-state index contributed by atoms with van der Waals surface area (Å²) in [6.07, 6.45) is 3.41. The molecule has 0 fully saturated rings. The van der Waals surface area contributed by atoms with Crippen LogP contribution in [0.1, 0.15) is 15.9 Å². The maximum Gasteiger partial charge on any atom is 0.336 e. The van der Waals surface area contributed by atoms with E-state index in [1.807, 2.05) is 19.1 Å². The molecule has 0 amide bonds. The van der Waals surface area contributed by atoms with Gasteiger partial charge in [-0.2, -0.15) is 0 Å². The van der Waals surface area contributed by atoms with Crippen LogP contribution < -0.4 is 0 Å². The molecule has 2 rings (SSSR count). The van der Waals surface area contributed by atoms with Gasteiger partial charge in [-0.25, -0.2) is 4.79 Å². The quantitative estimate of drug-likeness (QED) is 0.921. The Morgan fingerprint density at radius 3 is 2.71 bits per heavy atom. The fraction of sp³-hybridized carbons (Fsp3) is 0.0769. The highest BCUT2D eigenvalue weighted by molar-refractivity contribution is 9.10. The Labute approximate surface area is 107 Å². The first-order chi connectivity index (χ1) is 8.08. The van der Waals surface area contributed by atoms with E-state index in [1.165, 1.54) is 0 Å². The van der Waals surface area contributed by atoms with Crippen molar-refractivity contribution in [1.29, 1.82) is 0 Å². The van der Waals surface area contributed by atoms with Gasteiger partial charge in [0.25, 0.3) is 0 Å². The Morgan fingerprint density at radius 1 is 1.29 bits per heavy atom. The molecule has 1 aromatic heterocycles. The van der Waals surface area contributed by atoms with Crippen LogP contribution in [0, 0.1) is 6.92 Å². The first kappa shape index (κ1) is 11.8. The van der Waals surface area contributed by atoms with Gasteiger partial charge < -0.3 is 5.11 Å². The number of nitrogens with zero attached hydrogens (tertiary/aromatic N) is 1. The largest absolute Gasteiger partial charge is 0.478 e. The van der Waals surface area contributed by atoms with E-state index in [0.29, 0.717) is 5.56 Å². The summed E-state index contributed by atoms with van der Waals surface area (Å²) in [4.78, 5) is 15.3. The van der Waals surface area contributed by atoms with Crippen molar-refractivity contribution in [3.8, 4) is 11.1 Å². The van der Waals surface area contributed by atoms with Crippen molar-refractivity contribution in [2.75, 3.05) is 0 Å². The normalized spacial score (nSPS) is 10.2. The Morgan fingerprint density at radius 2 is 2.06 bits per heavy atom. The Hall–Kier alpha value is -1.68. The summed E-state index contributed by atoms with van der Waals surface area (Å²) in [7, 11) is 0. The molecule has 0 radical (unpaired) electrons. The number of carboxylic acids is 1. The number of aromatic nitrogens is 1. The molecule has 0 aliphatic heterocycles. The molecule has 0 spiro atoms. The third-order valence-electron chi connectivity index (χ3n) is 2.40. The predicted molar refractivity (Wildman–Crippen MR) is 69.1 cm³/mol. The van der Waals surface area contributed by atoms with Crippen LogP contribution in [0.4, 0.5) is 0 Å². The van der Waals surface area contributed by atoms with Gasteiger partial charge in [-0.15, -0.1) is 0 Å². The minimum absolute atomic E-state index is 0.270. The Kier molecular flexibility index (Phi) is 3.24. The highest BCUT2D eigenvalue weighted by Crippen LogP contribution is 2.26. The third-order valence-corrected chi connectivity index (χ3v) is 2.89. The summed E-state index contributed by atoms with van der Waals surface area (Å²) in [5, 5.41) is 9.18. The summed E-state index contributed by atoms with van der Waals surface area (Å²) in [6, 6.07) is 7.12. The second-order valence-electron chi connectivity index (χ2n) is 3.75. The molecule has 0 atom stereocenters. The van der Waals surface area contributed by atoms with E-state index in [2.05, 4.69) is 20.9 Å². The second kappa shape index (κ2) is 4.67. The molecule has 0 saturated heterocycles. The minimum atomic E-state index is -0.942. The monoisotopic (exact) mass is 291 g/mol. The van der Waals surface area contributed by atoms with Gasteiger partial charge in [-0.05, 0) is 36.2 Å². The van der Waals surface area contributed by atoms with Crippen molar-refractivity contribution in [2.24, 2.45) is 0 Å². The fourth-order valence-electron chi connectivity index (χ4n) is 1.65. The third kappa shape index (κ3) is 2.53. The first-order valence-electron chi connectivity index (χ1n) is 5.03. The number of hydrogen-bond acceptors (Lipinski definition) is 2. The van der Waals surface area contributed by atoms with Crippen LogP contribution in [0.25, 0.3) is 11.1 Å². The standard InChI is InChI=1S/C13H10BrNO2/c1-8-4-9(7-15-6-8)11-3-2-10(14)5-12(11)13(16)17/h2-7H,1H3,(H,16,17). The molecule has 0 saturated carbocycles. The molecule has 2 aromatic rings. The lowest BCUT2D eigenvalue weighted by Crippen LogP contribution is -1.99. The van der Waals surface area contributed by atoms with Gasteiger partial charge in [0.2, 0.25) is 0 Å². The molecule has 0 bridgehead atoms. The highest BCUT2D eigenvalue weighted by Gasteiger charge is 2.12. The number of pyridine rings is 1. The SMILES string of the molecule is Cc1cncc(-c2ccc(Br)cc2C(=O)O)c1. The molecule has 3 nitrogen and oxygen atoms in total. The zero-order valence-electron chi connectivity index (χ0n) is 9.14. The Bertz CT molecular complexity index is 581. The summed E-state index contributed by atoms with van der Waals surface area (Å²) in [5.41, 5.74) is 2.76. The molecule has 1 aromatic carbocycles. The van der Waals surface area contributed by atoms with E-state index >= 15 is 0 Å². The number of aromatic carboxylic acids is 1. The molecule has 0 aliphatic rings. The van der Waals surface area contributed by atoms with Crippen molar-refractivity contribution in [1.82, 2.24) is 4.98 Å². The lowest BCUT2D eigenvalue weighted by Gasteiger charge is -2.07. The van der Waals surface area contributed by atoms with Crippen LogP contribution in [-0.4, -0.2) is 16.1 Å². The van der Waals surface area contributed by atoms with Gasteiger partial charge in [0.1, 0.15) is 0 Å². The predicted octanol–water partition coefficient (Wildman–Crippen LogP) is 3.52. The van der Waals surface area contributed by atoms with Gasteiger partial charge in [0.05, 0.1) is 5.56 Å². The van der Waals surface area contributed by atoms with Crippen molar-refractivity contribution in [2.45, 2.75) is 6.92 Å². The van der Waals surface area contributed by atoms with Crippen LogP contribution in [0.2, 0.25) is 0 Å². The number of hydrogen-bond donors (Lipinski definition) is 1. The summed E-state index contributed by atoms with van der Waals surface area (Å²) >= 11 is 3.27.